The Labute approximate surface area is 86.4 Å². The fraction of sp³-hybridized carbons (Fsp3) is 0.571. The lowest BCUT2D eigenvalue weighted by atomic mass is 10.3. The highest BCUT2D eigenvalue weighted by Crippen LogP contribution is 2.27. The molecule has 0 aliphatic heterocycles. The summed E-state index contributed by atoms with van der Waals surface area (Å²) in [6.45, 7) is 3.76. The first-order valence-corrected chi connectivity index (χ1v) is 4.46. The van der Waals surface area contributed by atoms with E-state index < -0.39 is 9.76 Å². The summed E-state index contributed by atoms with van der Waals surface area (Å²) in [5.41, 5.74) is 0. The van der Waals surface area contributed by atoms with Crippen LogP contribution in [0.1, 0.15) is 12.8 Å². The van der Waals surface area contributed by atoms with E-state index >= 15 is 0 Å². The molecule has 0 aromatic heterocycles. The summed E-state index contributed by atoms with van der Waals surface area (Å²) in [5, 5.41) is 0. The maximum absolute atomic E-state index is 10.8. The van der Waals surface area contributed by atoms with Crippen LogP contribution >= 0.6 is 34.8 Å². The molecule has 0 amide bonds. The number of rotatable bonds is 4. The van der Waals surface area contributed by atoms with Crippen LogP contribution in [0.2, 0.25) is 0 Å². The van der Waals surface area contributed by atoms with E-state index in [1.54, 1.807) is 6.08 Å². The molecule has 12 heavy (non-hydrogen) atoms. The molecule has 2 nitrogen and oxygen atoms in total. The number of halogens is 3. The minimum absolute atomic E-state index is 0.249. The Kier molecular flexibility index (Phi) is 5.72. The average Bonchev–Trinajstić information content (AvgIpc) is 1.96. The second kappa shape index (κ2) is 5.68. The molecule has 0 spiro atoms. The Morgan fingerprint density at radius 2 is 2.08 bits per heavy atom. The first-order chi connectivity index (χ1) is 5.48. The summed E-state index contributed by atoms with van der Waals surface area (Å²) in [6.07, 6.45) is 3.19. The molecule has 0 aromatic rings. The summed E-state index contributed by atoms with van der Waals surface area (Å²) in [6, 6.07) is 0. The van der Waals surface area contributed by atoms with Crippen LogP contribution in [0, 0.1) is 0 Å². The van der Waals surface area contributed by atoms with Gasteiger partial charge in [-0.05, 0) is 12.8 Å². The molecular weight excluding hydrogens is 222 g/mol. The van der Waals surface area contributed by atoms with E-state index in [0.717, 1.165) is 6.42 Å². The van der Waals surface area contributed by atoms with Gasteiger partial charge in [0.15, 0.2) is 0 Å². The third-order valence-corrected chi connectivity index (χ3v) is 1.48. The van der Waals surface area contributed by atoms with Gasteiger partial charge in [-0.25, -0.2) is 4.79 Å². The van der Waals surface area contributed by atoms with Crippen molar-refractivity contribution in [2.75, 3.05) is 6.61 Å². The van der Waals surface area contributed by atoms with E-state index in [1.165, 1.54) is 0 Å². The van der Waals surface area contributed by atoms with Gasteiger partial charge in [-0.15, -0.1) is 6.58 Å². The number of allylic oxidation sites excluding steroid dienone is 1. The molecule has 0 atom stereocenters. The van der Waals surface area contributed by atoms with E-state index in [1.807, 2.05) is 0 Å². The number of hydrogen-bond donors (Lipinski definition) is 0. The van der Waals surface area contributed by atoms with Crippen molar-refractivity contribution in [1.29, 1.82) is 0 Å². The zero-order valence-electron chi connectivity index (χ0n) is 6.36. The standard InChI is InChI=1S/C7H9Cl3O2/c1-2-3-4-5-12-6(11)7(8,9)10/h2H,1,3-5H2. The topological polar surface area (TPSA) is 26.3 Å². The molecule has 0 N–H and O–H groups in total. The van der Waals surface area contributed by atoms with Gasteiger partial charge in [0.2, 0.25) is 0 Å². The number of hydrogen-bond acceptors (Lipinski definition) is 2. The highest BCUT2D eigenvalue weighted by molar-refractivity contribution is 6.75. The fourth-order valence-corrected chi connectivity index (χ4v) is 0.638. The van der Waals surface area contributed by atoms with Gasteiger partial charge in [-0.3, -0.25) is 0 Å². The molecule has 0 saturated carbocycles. The van der Waals surface area contributed by atoms with Crippen LogP contribution < -0.4 is 0 Å². The van der Waals surface area contributed by atoms with Gasteiger partial charge < -0.3 is 4.74 Å². The minimum atomic E-state index is -1.96. The smallest absolute Gasteiger partial charge is 0.358 e. The van der Waals surface area contributed by atoms with Crippen molar-refractivity contribution >= 4 is 40.8 Å². The number of unbranched alkanes of at least 4 members (excludes halogenated alkanes) is 1. The largest absolute Gasteiger partial charge is 0.463 e. The Balaban J connectivity index is 3.51. The Hall–Kier alpha value is 0.0800. The Morgan fingerprint density at radius 1 is 1.50 bits per heavy atom. The third kappa shape index (κ3) is 5.70. The van der Waals surface area contributed by atoms with Crippen molar-refractivity contribution in [3.8, 4) is 0 Å². The molecule has 0 fully saturated rings. The Bertz CT molecular complexity index is 163. The molecule has 0 bridgehead atoms. The molecule has 70 valence electrons. The quantitative estimate of drug-likeness (QED) is 0.322. The monoisotopic (exact) mass is 230 g/mol. The van der Waals surface area contributed by atoms with Crippen LogP contribution in [0.25, 0.3) is 0 Å². The van der Waals surface area contributed by atoms with Gasteiger partial charge in [0.05, 0.1) is 6.61 Å². The first-order valence-electron chi connectivity index (χ1n) is 3.33. The molecule has 0 aliphatic rings. The zero-order valence-corrected chi connectivity index (χ0v) is 8.62. The van der Waals surface area contributed by atoms with Crippen molar-refractivity contribution in [2.24, 2.45) is 0 Å². The van der Waals surface area contributed by atoms with E-state index in [0.29, 0.717) is 6.42 Å². The van der Waals surface area contributed by atoms with Crippen LogP contribution in [0.15, 0.2) is 12.7 Å². The predicted octanol–water partition coefficient (Wildman–Crippen LogP) is 2.87. The second-order valence-electron chi connectivity index (χ2n) is 2.06. The highest BCUT2D eigenvalue weighted by Gasteiger charge is 2.32. The van der Waals surface area contributed by atoms with Gasteiger partial charge in [0, 0.05) is 0 Å². The Morgan fingerprint density at radius 3 is 2.50 bits per heavy atom. The SMILES string of the molecule is C=CCCCOC(=O)C(Cl)(Cl)Cl. The fourth-order valence-electron chi connectivity index (χ4n) is 0.474. The number of ether oxygens (including phenoxy) is 1. The molecule has 0 rings (SSSR count). The predicted molar refractivity (Wildman–Crippen MR) is 50.7 cm³/mol. The minimum Gasteiger partial charge on any atom is -0.463 e. The summed E-state index contributed by atoms with van der Waals surface area (Å²) in [5.74, 6) is -0.837. The summed E-state index contributed by atoms with van der Waals surface area (Å²) in [4.78, 5) is 10.8. The number of alkyl halides is 3. The van der Waals surface area contributed by atoms with Crippen molar-refractivity contribution in [2.45, 2.75) is 16.6 Å². The van der Waals surface area contributed by atoms with Gasteiger partial charge in [0.25, 0.3) is 3.79 Å². The first kappa shape index (κ1) is 12.1. The van der Waals surface area contributed by atoms with Crippen molar-refractivity contribution in [1.82, 2.24) is 0 Å². The summed E-state index contributed by atoms with van der Waals surface area (Å²) in [7, 11) is 0. The van der Waals surface area contributed by atoms with Gasteiger partial charge in [-0.2, -0.15) is 0 Å². The average molecular weight is 232 g/mol. The van der Waals surface area contributed by atoms with Crippen molar-refractivity contribution in [3.63, 3.8) is 0 Å². The molecule has 5 heteroatoms. The zero-order chi connectivity index (χ0) is 9.61. The van der Waals surface area contributed by atoms with E-state index in [9.17, 15) is 4.79 Å². The van der Waals surface area contributed by atoms with Crippen LogP contribution in [0.4, 0.5) is 0 Å². The number of esters is 1. The third-order valence-electron chi connectivity index (χ3n) is 1.02. The molecule has 0 heterocycles. The maximum Gasteiger partial charge on any atom is 0.358 e. The van der Waals surface area contributed by atoms with Gasteiger partial charge in [-0.1, -0.05) is 40.9 Å². The highest BCUT2D eigenvalue weighted by atomic mass is 35.6. The number of carbonyl (C=O) groups excluding carboxylic acids is 1. The van der Waals surface area contributed by atoms with E-state index in [2.05, 4.69) is 11.3 Å². The van der Waals surface area contributed by atoms with Crippen LogP contribution in [-0.2, 0) is 9.53 Å². The second-order valence-corrected chi connectivity index (χ2v) is 4.35. The van der Waals surface area contributed by atoms with Crippen molar-refractivity contribution < 1.29 is 9.53 Å². The van der Waals surface area contributed by atoms with Crippen LogP contribution in [0.3, 0.4) is 0 Å². The lowest BCUT2D eigenvalue weighted by Crippen LogP contribution is -2.22. The molecule has 0 aromatic carbocycles. The maximum atomic E-state index is 10.8. The number of carbonyl (C=O) groups is 1. The lowest BCUT2D eigenvalue weighted by Gasteiger charge is -2.09. The van der Waals surface area contributed by atoms with E-state index in [-0.39, 0.29) is 6.61 Å². The normalized spacial score (nSPS) is 10.9. The summed E-state index contributed by atoms with van der Waals surface area (Å²) < 4.78 is 2.66. The molecular formula is C7H9Cl3O2. The van der Waals surface area contributed by atoms with Gasteiger partial charge >= 0.3 is 5.97 Å². The lowest BCUT2D eigenvalue weighted by molar-refractivity contribution is -0.142. The molecule has 0 radical (unpaired) electrons. The van der Waals surface area contributed by atoms with Crippen LogP contribution in [-0.4, -0.2) is 16.4 Å². The van der Waals surface area contributed by atoms with Gasteiger partial charge in [0.1, 0.15) is 0 Å². The molecule has 0 saturated heterocycles. The van der Waals surface area contributed by atoms with Crippen molar-refractivity contribution in [3.05, 3.63) is 12.7 Å². The van der Waals surface area contributed by atoms with E-state index in [4.69, 9.17) is 34.8 Å². The molecule has 0 unspecified atom stereocenters. The summed E-state index contributed by atoms with van der Waals surface area (Å²) >= 11 is 15.7. The molecule has 0 aliphatic carbocycles. The van der Waals surface area contributed by atoms with Crippen LogP contribution in [0.5, 0.6) is 0 Å².